The van der Waals surface area contributed by atoms with Crippen LogP contribution in [0.3, 0.4) is 0 Å². The lowest BCUT2D eigenvalue weighted by atomic mass is 9.72. The van der Waals surface area contributed by atoms with Gasteiger partial charge >= 0.3 is 0 Å². The van der Waals surface area contributed by atoms with Gasteiger partial charge in [-0.25, -0.2) is 0 Å². The van der Waals surface area contributed by atoms with Gasteiger partial charge in [0.05, 0.1) is 4.92 Å². The molecule has 1 fully saturated rings. The average molecular weight is 260 g/mol. The molecule has 0 saturated heterocycles. The van der Waals surface area contributed by atoms with Crippen LogP contribution in [-0.2, 0) is 0 Å². The molecule has 1 N–H and O–H groups in total. The van der Waals surface area contributed by atoms with Gasteiger partial charge < -0.3 is 5.32 Å². The number of hydrogen-bond donors (Lipinski definition) is 1. The molecule has 1 atom stereocenters. The summed E-state index contributed by atoms with van der Waals surface area (Å²) in [7, 11) is 0. The molecule has 3 rings (SSSR count). The van der Waals surface area contributed by atoms with E-state index in [1.54, 1.807) is 12.1 Å². The van der Waals surface area contributed by atoms with E-state index in [9.17, 15) is 10.1 Å². The summed E-state index contributed by atoms with van der Waals surface area (Å²) >= 11 is 0. The largest absolute Gasteiger partial charge is 0.379 e. The first kappa shape index (κ1) is 12.5. The monoisotopic (exact) mass is 260 g/mol. The van der Waals surface area contributed by atoms with Crippen molar-refractivity contribution in [1.82, 2.24) is 0 Å². The van der Waals surface area contributed by atoms with Crippen LogP contribution < -0.4 is 5.32 Å². The first-order chi connectivity index (χ1) is 9.10. The van der Waals surface area contributed by atoms with Gasteiger partial charge in [0.1, 0.15) is 0 Å². The quantitative estimate of drug-likeness (QED) is 0.607. The van der Waals surface area contributed by atoms with Crippen LogP contribution in [0.25, 0.3) is 0 Å². The zero-order chi connectivity index (χ0) is 13.5. The van der Waals surface area contributed by atoms with Crippen molar-refractivity contribution in [3.8, 4) is 0 Å². The number of nitro benzene ring substituents is 1. The van der Waals surface area contributed by atoms with E-state index in [-0.39, 0.29) is 16.1 Å². The van der Waals surface area contributed by atoms with Gasteiger partial charge in [-0.05, 0) is 36.8 Å². The minimum Gasteiger partial charge on any atom is -0.379 e. The summed E-state index contributed by atoms with van der Waals surface area (Å²) in [5, 5.41) is 14.5. The Morgan fingerprint density at radius 2 is 2.05 bits per heavy atom. The summed E-state index contributed by atoms with van der Waals surface area (Å²) in [6.45, 7) is 2.24. The molecule has 0 aromatic heterocycles. The zero-order valence-corrected chi connectivity index (χ0v) is 11.3. The molecule has 4 heteroatoms. The van der Waals surface area contributed by atoms with Gasteiger partial charge in [0.25, 0.3) is 5.69 Å². The number of anilines is 1. The fourth-order valence-corrected chi connectivity index (χ4v) is 3.79. The Labute approximate surface area is 113 Å². The number of nitrogens with one attached hydrogen (secondary N) is 1. The summed E-state index contributed by atoms with van der Waals surface area (Å²) in [6.07, 6.45) is 7.39. The lowest BCUT2D eigenvalue weighted by molar-refractivity contribution is -0.384. The summed E-state index contributed by atoms with van der Waals surface area (Å²) in [5.41, 5.74) is 2.57. The van der Waals surface area contributed by atoms with Crippen LogP contribution in [-0.4, -0.2) is 10.5 Å². The second-order valence-corrected chi connectivity index (χ2v) is 6.10. The van der Waals surface area contributed by atoms with Gasteiger partial charge in [-0.15, -0.1) is 0 Å². The molecular weight excluding hydrogens is 240 g/mol. The van der Waals surface area contributed by atoms with E-state index < -0.39 is 0 Å². The van der Waals surface area contributed by atoms with E-state index in [2.05, 4.69) is 12.2 Å². The number of nitrogens with zero attached hydrogens (tertiary/aromatic N) is 1. The van der Waals surface area contributed by atoms with Crippen LogP contribution in [0.5, 0.6) is 0 Å². The van der Waals surface area contributed by atoms with Gasteiger partial charge in [-0.2, -0.15) is 0 Å². The van der Waals surface area contributed by atoms with E-state index in [0.29, 0.717) is 5.92 Å². The first-order valence-electron chi connectivity index (χ1n) is 7.16. The standard InChI is InChI=1S/C15H20N2O2/c1-11-10-15(7-3-2-4-8-15)16-14-9-12(17(18)19)5-6-13(11)14/h5-6,9,11,16H,2-4,7-8,10H2,1H3. The van der Waals surface area contributed by atoms with Gasteiger partial charge in [0, 0.05) is 23.4 Å². The predicted molar refractivity (Wildman–Crippen MR) is 75.6 cm³/mol. The van der Waals surface area contributed by atoms with Crippen LogP contribution in [0.1, 0.15) is 56.9 Å². The zero-order valence-electron chi connectivity index (χ0n) is 11.3. The van der Waals surface area contributed by atoms with Crippen molar-refractivity contribution in [1.29, 1.82) is 0 Å². The van der Waals surface area contributed by atoms with Gasteiger partial charge in [0.2, 0.25) is 0 Å². The molecular formula is C15H20N2O2. The van der Waals surface area contributed by atoms with Crippen LogP contribution in [0, 0.1) is 10.1 Å². The fourth-order valence-electron chi connectivity index (χ4n) is 3.79. The van der Waals surface area contributed by atoms with E-state index >= 15 is 0 Å². The Balaban J connectivity index is 1.96. The minimum atomic E-state index is -0.311. The Morgan fingerprint density at radius 3 is 2.74 bits per heavy atom. The Bertz CT molecular complexity index is 507. The molecule has 1 aliphatic heterocycles. The van der Waals surface area contributed by atoms with Crippen LogP contribution in [0.4, 0.5) is 11.4 Å². The Morgan fingerprint density at radius 1 is 1.32 bits per heavy atom. The molecule has 1 aliphatic carbocycles. The van der Waals surface area contributed by atoms with Crippen LogP contribution in [0.15, 0.2) is 18.2 Å². The smallest absolute Gasteiger partial charge is 0.271 e. The van der Waals surface area contributed by atoms with E-state index in [1.165, 1.54) is 37.7 Å². The maximum Gasteiger partial charge on any atom is 0.271 e. The topological polar surface area (TPSA) is 55.2 Å². The van der Waals surface area contributed by atoms with Crippen molar-refractivity contribution < 1.29 is 4.92 Å². The summed E-state index contributed by atoms with van der Waals surface area (Å²) in [6, 6.07) is 5.25. The van der Waals surface area contributed by atoms with Crippen LogP contribution in [0.2, 0.25) is 0 Å². The third-order valence-electron chi connectivity index (χ3n) is 4.69. The predicted octanol–water partition coefficient (Wildman–Crippen LogP) is 4.22. The first-order valence-corrected chi connectivity index (χ1v) is 7.16. The summed E-state index contributed by atoms with van der Waals surface area (Å²) < 4.78 is 0. The van der Waals surface area contributed by atoms with Crippen molar-refractivity contribution in [3.05, 3.63) is 33.9 Å². The number of rotatable bonds is 1. The normalized spacial score (nSPS) is 24.6. The summed E-state index contributed by atoms with van der Waals surface area (Å²) in [5.74, 6) is 0.482. The molecule has 1 aromatic rings. The highest BCUT2D eigenvalue weighted by Gasteiger charge is 2.38. The lowest BCUT2D eigenvalue weighted by Gasteiger charge is -2.45. The fraction of sp³-hybridized carbons (Fsp3) is 0.600. The van der Waals surface area contributed by atoms with Crippen LogP contribution >= 0.6 is 0 Å². The van der Waals surface area contributed by atoms with Crippen molar-refractivity contribution >= 4 is 11.4 Å². The molecule has 0 amide bonds. The second kappa shape index (κ2) is 4.51. The molecule has 1 aromatic carbocycles. The lowest BCUT2D eigenvalue weighted by Crippen LogP contribution is -2.44. The molecule has 19 heavy (non-hydrogen) atoms. The van der Waals surface area contributed by atoms with E-state index in [4.69, 9.17) is 0 Å². The number of fused-ring (bicyclic) bond motifs is 1. The minimum absolute atomic E-state index is 0.180. The number of nitro groups is 1. The highest BCUT2D eigenvalue weighted by atomic mass is 16.6. The molecule has 2 aliphatic rings. The number of benzene rings is 1. The van der Waals surface area contributed by atoms with Crippen molar-refractivity contribution in [2.45, 2.75) is 56.9 Å². The molecule has 102 valence electrons. The Kier molecular flexibility index (Phi) is 2.96. The third-order valence-corrected chi connectivity index (χ3v) is 4.69. The Hall–Kier alpha value is -1.58. The molecule has 4 nitrogen and oxygen atoms in total. The van der Waals surface area contributed by atoms with Gasteiger partial charge in [0.15, 0.2) is 0 Å². The number of non-ortho nitro benzene ring substituents is 1. The maximum absolute atomic E-state index is 10.9. The molecule has 1 heterocycles. The highest BCUT2D eigenvalue weighted by Crippen LogP contribution is 2.46. The van der Waals surface area contributed by atoms with E-state index in [1.807, 2.05) is 6.07 Å². The van der Waals surface area contributed by atoms with E-state index in [0.717, 1.165) is 12.1 Å². The second-order valence-electron chi connectivity index (χ2n) is 6.10. The van der Waals surface area contributed by atoms with Crippen molar-refractivity contribution in [3.63, 3.8) is 0 Å². The molecule has 1 saturated carbocycles. The average Bonchev–Trinajstić information content (AvgIpc) is 2.38. The van der Waals surface area contributed by atoms with Crippen molar-refractivity contribution in [2.24, 2.45) is 0 Å². The highest BCUT2D eigenvalue weighted by molar-refractivity contribution is 5.62. The van der Waals surface area contributed by atoms with Gasteiger partial charge in [-0.1, -0.05) is 26.2 Å². The third kappa shape index (κ3) is 2.20. The molecule has 1 unspecified atom stereocenters. The maximum atomic E-state index is 10.9. The molecule has 0 bridgehead atoms. The van der Waals surface area contributed by atoms with Gasteiger partial charge in [-0.3, -0.25) is 10.1 Å². The van der Waals surface area contributed by atoms with Crippen molar-refractivity contribution in [2.75, 3.05) is 5.32 Å². The molecule has 0 radical (unpaired) electrons. The SMILES string of the molecule is CC1CC2(CCCCC2)Nc2cc([N+](=O)[O-])ccc21. The number of hydrogen-bond acceptors (Lipinski definition) is 3. The summed E-state index contributed by atoms with van der Waals surface area (Å²) in [4.78, 5) is 10.6. The molecule has 1 spiro atoms.